The molecular formula is C29H34ClN3O4S. The van der Waals surface area contributed by atoms with Crippen molar-refractivity contribution in [3.63, 3.8) is 0 Å². The summed E-state index contributed by atoms with van der Waals surface area (Å²) in [6.07, 6.45) is 0.366. The normalized spacial score (nSPS) is 12.0. The predicted molar refractivity (Wildman–Crippen MR) is 152 cm³/mol. The molecule has 0 aromatic heterocycles. The SMILES string of the molecule is CCNC(=O)C(CC)N(Cc1ccc(C)cc1)C(=O)CN(c1cc(Cl)ccc1C)S(=O)(=O)c1ccccc1. The Bertz CT molecular complexity index is 1360. The fraction of sp³-hybridized carbons (Fsp3) is 0.310. The second-order valence-electron chi connectivity index (χ2n) is 9.08. The number of anilines is 1. The van der Waals surface area contributed by atoms with Gasteiger partial charge in [0.05, 0.1) is 10.6 Å². The van der Waals surface area contributed by atoms with Crippen LogP contribution in [0.2, 0.25) is 5.02 Å². The molecule has 1 atom stereocenters. The summed E-state index contributed by atoms with van der Waals surface area (Å²) in [5.41, 5.74) is 2.85. The van der Waals surface area contributed by atoms with Gasteiger partial charge in [0.25, 0.3) is 10.0 Å². The first kappa shape index (κ1) is 29.2. The molecule has 1 N–H and O–H groups in total. The lowest BCUT2D eigenvalue weighted by molar-refractivity contribution is -0.140. The predicted octanol–water partition coefficient (Wildman–Crippen LogP) is 5.10. The van der Waals surface area contributed by atoms with E-state index in [1.54, 1.807) is 37.3 Å². The van der Waals surface area contributed by atoms with Gasteiger partial charge in [0, 0.05) is 18.1 Å². The van der Waals surface area contributed by atoms with E-state index >= 15 is 0 Å². The number of likely N-dealkylation sites (N-methyl/N-ethyl adjacent to an activating group) is 1. The van der Waals surface area contributed by atoms with Crippen molar-refractivity contribution in [2.24, 2.45) is 0 Å². The number of carbonyl (C=O) groups is 2. The van der Waals surface area contributed by atoms with Crippen molar-refractivity contribution in [3.8, 4) is 0 Å². The van der Waals surface area contributed by atoms with Gasteiger partial charge >= 0.3 is 0 Å². The molecule has 38 heavy (non-hydrogen) atoms. The van der Waals surface area contributed by atoms with Gasteiger partial charge in [0.2, 0.25) is 11.8 Å². The third kappa shape index (κ3) is 6.94. The average Bonchev–Trinajstić information content (AvgIpc) is 2.90. The van der Waals surface area contributed by atoms with E-state index in [4.69, 9.17) is 11.6 Å². The van der Waals surface area contributed by atoms with Crippen molar-refractivity contribution in [1.29, 1.82) is 0 Å². The zero-order valence-electron chi connectivity index (χ0n) is 22.1. The molecule has 3 aromatic carbocycles. The fourth-order valence-electron chi connectivity index (χ4n) is 4.19. The first-order chi connectivity index (χ1) is 18.1. The second-order valence-corrected chi connectivity index (χ2v) is 11.4. The van der Waals surface area contributed by atoms with Crippen molar-refractivity contribution in [3.05, 3.63) is 94.5 Å². The lowest BCUT2D eigenvalue weighted by atomic mass is 10.1. The number of aryl methyl sites for hydroxylation is 2. The van der Waals surface area contributed by atoms with Crippen LogP contribution in [0.3, 0.4) is 0 Å². The number of nitrogens with zero attached hydrogens (tertiary/aromatic N) is 2. The van der Waals surface area contributed by atoms with E-state index in [9.17, 15) is 18.0 Å². The van der Waals surface area contributed by atoms with Crippen molar-refractivity contribution in [2.75, 3.05) is 17.4 Å². The summed E-state index contributed by atoms with van der Waals surface area (Å²) < 4.78 is 28.8. The number of amides is 2. The highest BCUT2D eigenvalue weighted by atomic mass is 35.5. The number of hydrogen-bond acceptors (Lipinski definition) is 4. The van der Waals surface area contributed by atoms with Crippen LogP contribution in [0, 0.1) is 13.8 Å². The first-order valence-electron chi connectivity index (χ1n) is 12.5. The number of hydrogen-bond donors (Lipinski definition) is 1. The Hall–Kier alpha value is -3.36. The van der Waals surface area contributed by atoms with Crippen molar-refractivity contribution < 1.29 is 18.0 Å². The molecule has 202 valence electrons. The highest BCUT2D eigenvalue weighted by Crippen LogP contribution is 2.30. The number of halogens is 1. The Morgan fingerprint density at radius 1 is 0.947 bits per heavy atom. The van der Waals surface area contributed by atoms with Crippen LogP contribution in [-0.2, 0) is 26.2 Å². The topological polar surface area (TPSA) is 86.8 Å². The number of carbonyl (C=O) groups excluding carboxylic acids is 2. The van der Waals surface area contributed by atoms with Gasteiger partial charge in [0.1, 0.15) is 12.6 Å². The van der Waals surface area contributed by atoms with Crippen LogP contribution in [0.15, 0.2) is 77.7 Å². The molecule has 0 bridgehead atoms. The highest BCUT2D eigenvalue weighted by molar-refractivity contribution is 7.92. The van der Waals surface area contributed by atoms with Crippen LogP contribution < -0.4 is 9.62 Å². The highest BCUT2D eigenvalue weighted by Gasteiger charge is 2.34. The van der Waals surface area contributed by atoms with E-state index in [1.807, 2.05) is 45.0 Å². The van der Waals surface area contributed by atoms with Gasteiger partial charge in [-0.2, -0.15) is 0 Å². The quantitative estimate of drug-likeness (QED) is 0.357. The Morgan fingerprint density at radius 3 is 2.21 bits per heavy atom. The summed E-state index contributed by atoms with van der Waals surface area (Å²) in [5, 5.41) is 3.15. The molecule has 9 heteroatoms. The largest absolute Gasteiger partial charge is 0.355 e. The summed E-state index contributed by atoms with van der Waals surface area (Å²) in [4.78, 5) is 28.5. The molecule has 3 rings (SSSR count). The number of sulfonamides is 1. The Morgan fingerprint density at radius 2 is 1.61 bits per heavy atom. The maximum atomic E-state index is 14.0. The van der Waals surface area contributed by atoms with E-state index in [0.717, 1.165) is 15.4 Å². The summed E-state index contributed by atoms with van der Waals surface area (Å²) in [6.45, 7) is 7.44. The van der Waals surface area contributed by atoms with Gasteiger partial charge in [-0.1, -0.05) is 72.6 Å². The van der Waals surface area contributed by atoms with Crippen LogP contribution >= 0.6 is 11.6 Å². The summed E-state index contributed by atoms with van der Waals surface area (Å²) >= 11 is 6.26. The van der Waals surface area contributed by atoms with Gasteiger partial charge < -0.3 is 10.2 Å². The van der Waals surface area contributed by atoms with Crippen LogP contribution in [-0.4, -0.2) is 44.3 Å². The molecule has 0 aliphatic rings. The number of benzene rings is 3. The first-order valence-corrected chi connectivity index (χ1v) is 14.4. The van der Waals surface area contributed by atoms with Crippen molar-refractivity contribution >= 4 is 39.1 Å². The van der Waals surface area contributed by atoms with Gasteiger partial charge in [-0.25, -0.2) is 8.42 Å². The summed E-state index contributed by atoms with van der Waals surface area (Å²) in [7, 11) is -4.14. The molecule has 2 amide bonds. The van der Waals surface area contributed by atoms with Gasteiger partial charge in [-0.05, 0) is 62.6 Å². The number of nitrogens with one attached hydrogen (secondary N) is 1. The molecule has 0 heterocycles. The Labute approximate surface area is 230 Å². The molecule has 7 nitrogen and oxygen atoms in total. The van der Waals surface area contributed by atoms with Crippen molar-refractivity contribution in [2.45, 2.75) is 51.6 Å². The van der Waals surface area contributed by atoms with E-state index in [0.29, 0.717) is 29.2 Å². The lowest BCUT2D eigenvalue weighted by Crippen LogP contribution is -2.52. The molecule has 0 spiro atoms. The van der Waals surface area contributed by atoms with E-state index in [1.165, 1.54) is 23.1 Å². The van der Waals surface area contributed by atoms with E-state index in [-0.39, 0.29) is 17.3 Å². The zero-order chi connectivity index (χ0) is 27.9. The molecular weight excluding hydrogens is 522 g/mol. The minimum Gasteiger partial charge on any atom is -0.355 e. The Balaban J connectivity index is 2.08. The maximum absolute atomic E-state index is 14.0. The molecule has 0 aliphatic heterocycles. The third-order valence-electron chi connectivity index (χ3n) is 6.26. The average molecular weight is 556 g/mol. The minimum atomic E-state index is -4.14. The van der Waals surface area contributed by atoms with Gasteiger partial charge in [0.15, 0.2) is 0 Å². The smallest absolute Gasteiger partial charge is 0.264 e. The third-order valence-corrected chi connectivity index (χ3v) is 8.27. The van der Waals surface area contributed by atoms with Crippen LogP contribution in [0.1, 0.15) is 37.0 Å². The molecule has 0 aliphatic carbocycles. The lowest BCUT2D eigenvalue weighted by Gasteiger charge is -2.33. The van der Waals surface area contributed by atoms with Gasteiger partial charge in [-0.15, -0.1) is 0 Å². The second kappa shape index (κ2) is 12.9. The molecule has 1 unspecified atom stereocenters. The minimum absolute atomic E-state index is 0.0491. The molecule has 0 fully saturated rings. The van der Waals surface area contributed by atoms with Crippen LogP contribution in [0.5, 0.6) is 0 Å². The fourth-order valence-corrected chi connectivity index (χ4v) is 5.84. The summed E-state index contributed by atoms with van der Waals surface area (Å²) in [6, 6.07) is 19.8. The molecule has 0 radical (unpaired) electrons. The summed E-state index contributed by atoms with van der Waals surface area (Å²) in [5.74, 6) is -0.783. The number of rotatable bonds is 11. The monoisotopic (exact) mass is 555 g/mol. The van der Waals surface area contributed by atoms with E-state index in [2.05, 4.69) is 5.32 Å². The van der Waals surface area contributed by atoms with Crippen LogP contribution in [0.4, 0.5) is 5.69 Å². The van der Waals surface area contributed by atoms with Crippen LogP contribution in [0.25, 0.3) is 0 Å². The van der Waals surface area contributed by atoms with Crippen molar-refractivity contribution in [1.82, 2.24) is 10.2 Å². The standard InChI is InChI=1S/C29H34ClN3O4S/c1-5-26(29(35)31-6-2)32(19-23-15-12-21(3)13-16-23)28(34)20-33(27-18-24(30)17-14-22(27)4)38(36,37)25-10-8-7-9-11-25/h7-18,26H,5-6,19-20H2,1-4H3,(H,31,35). The molecule has 0 saturated heterocycles. The van der Waals surface area contributed by atoms with E-state index < -0.39 is 28.5 Å². The Kier molecular flexibility index (Phi) is 9.94. The molecule has 0 saturated carbocycles. The molecule has 3 aromatic rings. The maximum Gasteiger partial charge on any atom is 0.264 e. The zero-order valence-corrected chi connectivity index (χ0v) is 23.7. The van der Waals surface area contributed by atoms with Gasteiger partial charge in [-0.3, -0.25) is 13.9 Å².